The highest BCUT2D eigenvalue weighted by molar-refractivity contribution is 6.14. The predicted molar refractivity (Wildman–Crippen MR) is 44.6 cm³/mol. The van der Waals surface area contributed by atoms with Gasteiger partial charge in [0.15, 0.2) is 0 Å². The van der Waals surface area contributed by atoms with Gasteiger partial charge in [-0.1, -0.05) is 0 Å². The summed E-state index contributed by atoms with van der Waals surface area (Å²) in [4.78, 5) is 32.8. The molecule has 0 aromatic carbocycles. The first-order chi connectivity index (χ1) is 6.80. The van der Waals surface area contributed by atoms with E-state index in [0.717, 1.165) is 6.92 Å². The molecule has 3 N–H and O–H groups in total. The van der Waals surface area contributed by atoms with Gasteiger partial charge in [-0.3, -0.25) is 15.1 Å². The molecule has 0 radical (unpaired) electrons. The first-order valence-electron chi connectivity index (χ1n) is 3.83. The highest BCUT2D eigenvalue weighted by Crippen LogP contribution is 2.25. The van der Waals surface area contributed by atoms with Crippen molar-refractivity contribution in [3.05, 3.63) is 0 Å². The number of nitrogens with one attached hydrogen (secondary N) is 1. The van der Waals surface area contributed by atoms with E-state index >= 15 is 0 Å². The number of carbonyl (C=O) groups is 3. The number of nitrogens with zero attached hydrogens (tertiary/aromatic N) is 1. The van der Waals surface area contributed by atoms with Crippen LogP contribution in [-0.2, 0) is 14.3 Å². The Kier molecular flexibility index (Phi) is 2.36. The molecule has 8 heteroatoms. The Labute approximate surface area is 83.6 Å². The second-order valence-electron chi connectivity index (χ2n) is 3.05. The van der Waals surface area contributed by atoms with Crippen LogP contribution in [0.15, 0.2) is 0 Å². The van der Waals surface area contributed by atoms with E-state index in [1.54, 1.807) is 0 Å². The molecule has 1 fully saturated rings. The van der Waals surface area contributed by atoms with Gasteiger partial charge in [0.25, 0.3) is 0 Å². The van der Waals surface area contributed by atoms with E-state index in [1.165, 1.54) is 0 Å². The van der Waals surface area contributed by atoms with E-state index in [9.17, 15) is 14.4 Å². The first-order valence-corrected chi connectivity index (χ1v) is 3.83. The number of carboxylic acids is 2. The van der Waals surface area contributed by atoms with Crippen LogP contribution in [0.2, 0.25) is 0 Å². The molecule has 0 aromatic rings. The van der Waals surface area contributed by atoms with Crippen LogP contribution in [0.4, 0.5) is 4.79 Å². The summed E-state index contributed by atoms with van der Waals surface area (Å²) >= 11 is 0. The molecule has 1 rings (SSSR count). The fourth-order valence-corrected chi connectivity index (χ4v) is 1.12. The average Bonchev–Trinajstić information content (AvgIpc) is 2.30. The fraction of sp³-hybridized carbons (Fsp3) is 0.429. The summed E-state index contributed by atoms with van der Waals surface area (Å²) in [7, 11) is 0. The Bertz CT molecular complexity index is 364. The quantitative estimate of drug-likeness (QED) is 0.574. The van der Waals surface area contributed by atoms with Gasteiger partial charge < -0.3 is 14.9 Å². The summed E-state index contributed by atoms with van der Waals surface area (Å²) < 4.78 is 4.28. The molecular weight excluding hydrogens is 208 g/mol. The Morgan fingerprint density at radius 3 is 2.47 bits per heavy atom. The molecule has 1 aliphatic rings. The molecule has 1 unspecified atom stereocenters. The number of rotatable bonds is 3. The number of cyclic esters (lactones) is 1. The molecular formula is C7H8N2O6. The summed E-state index contributed by atoms with van der Waals surface area (Å²) in [5.74, 6) is -3.69. The number of aliphatic carboxylic acids is 2. The molecule has 0 spiro atoms. The van der Waals surface area contributed by atoms with E-state index in [4.69, 9.17) is 15.6 Å². The number of hydrogen-bond donors (Lipinski definition) is 3. The fourth-order valence-electron chi connectivity index (χ4n) is 1.12. The van der Waals surface area contributed by atoms with E-state index < -0.39 is 36.0 Å². The van der Waals surface area contributed by atoms with Gasteiger partial charge >= 0.3 is 18.0 Å². The van der Waals surface area contributed by atoms with Crippen LogP contribution in [0.3, 0.4) is 0 Å². The first kappa shape index (κ1) is 11.0. The lowest BCUT2D eigenvalue weighted by Gasteiger charge is -2.24. The zero-order valence-corrected chi connectivity index (χ0v) is 7.68. The topological polar surface area (TPSA) is 128 Å². The SMILES string of the molecule is CC1(C(=O)O)C(=N)OC(=O)N1CC(=O)O. The minimum Gasteiger partial charge on any atom is -0.480 e. The maximum atomic E-state index is 11.1. The van der Waals surface area contributed by atoms with Crippen LogP contribution in [0.1, 0.15) is 6.92 Å². The van der Waals surface area contributed by atoms with Gasteiger partial charge in [0, 0.05) is 0 Å². The van der Waals surface area contributed by atoms with Gasteiger partial charge in [0.05, 0.1) is 0 Å². The lowest BCUT2D eigenvalue weighted by atomic mass is 10.0. The van der Waals surface area contributed by atoms with Gasteiger partial charge in [-0.2, -0.15) is 0 Å². The molecule has 0 aliphatic carbocycles. The number of carbonyl (C=O) groups excluding carboxylic acids is 1. The van der Waals surface area contributed by atoms with E-state index in [1.807, 2.05) is 0 Å². The van der Waals surface area contributed by atoms with Gasteiger partial charge in [-0.05, 0) is 6.92 Å². The third-order valence-corrected chi connectivity index (χ3v) is 2.10. The predicted octanol–water partition coefficient (Wildman–Crippen LogP) is -0.656. The third kappa shape index (κ3) is 1.49. The summed E-state index contributed by atoms with van der Waals surface area (Å²) in [5.41, 5.74) is -2.05. The Morgan fingerprint density at radius 1 is 1.53 bits per heavy atom. The second-order valence-corrected chi connectivity index (χ2v) is 3.05. The average molecular weight is 216 g/mol. The number of carboxylic acid groups (broad SMARTS) is 2. The van der Waals surface area contributed by atoms with E-state index in [2.05, 4.69) is 4.74 Å². The van der Waals surface area contributed by atoms with Crippen molar-refractivity contribution in [1.82, 2.24) is 4.90 Å². The van der Waals surface area contributed by atoms with Crippen molar-refractivity contribution in [3.63, 3.8) is 0 Å². The Morgan fingerprint density at radius 2 is 2.07 bits per heavy atom. The largest absolute Gasteiger partial charge is 0.480 e. The van der Waals surface area contributed by atoms with Crippen LogP contribution in [0.5, 0.6) is 0 Å². The van der Waals surface area contributed by atoms with E-state index in [0.29, 0.717) is 4.90 Å². The normalized spacial score (nSPS) is 25.3. The Hall–Kier alpha value is -2.12. The molecule has 8 nitrogen and oxygen atoms in total. The summed E-state index contributed by atoms with van der Waals surface area (Å²) in [6.45, 7) is 0.204. The standard InChI is InChI=1S/C7H8N2O6/c1-7(5(12)13)4(8)15-6(14)9(7)2-3(10)11/h8H,2H2,1H3,(H,10,11)(H,12,13). The molecule has 15 heavy (non-hydrogen) atoms. The molecule has 1 aliphatic heterocycles. The Balaban J connectivity index is 3.10. The molecule has 1 saturated heterocycles. The van der Waals surface area contributed by atoms with Gasteiger partial charge in [0.2, 0.25) is 11.4 Å². The van der Waals surface area contributed by atoms with Crippen molar-refractivity contribution < 1.29 is 29.3 Å². The number of hydrogen-bond acceptors (Lipinski definition) is 5. The number of amides is 1. The van der Waals surface area contributed by atoms with Gasteiger partial charge in [0.1, 0.15) is 6.54 Å². The monoisotopic (exact) mass is 216 g/mol. The maximum Gasteiger partial charge on any atom is 0.418 e. The molecule has 0 aromatic heterocycles. The van der Waals surface area contributed by atoms with E-state index in [-0.39, 0.29) is 0 Å². The zero-order chi connectivity index (χ0) is 11.8. The molecule has 1 atom stereocenters. The molecule has 82 valence electrons. The molecule has 1 heterocycles. The lowest BCUT2D eigenvalue weighted by Crippen LogP contribution is -2.54. The highest BCUT2D eigenvalue weighted by Gasteiger charge is 2.55. The second kappa shape index (κ2) is 3.23. The summed E-state index contributed by atoms with van der Waals surface area (Å²) in [6.07, 6.45) is -1.15. The molecule has 0 bridgehead atoms. The summed E-state index contributed by atoms with van der Waals surface area (Å²) in [5, 5.41) is 24.5. The van der Waals surface area contributed by atoms with Crippen LogP contribution in [0, 0.1) is 5.41 Å². The maximum absolute atomic E-state index is 11.1. The molecule has 0 saturated carbocycles. The van der Waals surface area contributed by atoms with Crippen molar-refractivity contribution in [3.8, 4) is 0 Å². The minimum atomic E-state index is -2.05. The molecule has 1 amide bonds. The minimum absolute atomic E-state index is 0.472. The van der Waals surface area contributed by atoms with Crippen molar-refractivity contribution in [2.45, 2.75) is 12.5 Å². The van der Waals surface area contributed by atoms with Crippen molar-refractivity contribution in [2.24, 2.45) is 0 Å². The van der Waals surface area contributed by atoms with Crippen LogP contribution >= 0.6 is 0 Å². The van der Waals surface area contributed by atoms with Crippen LogP contribution < -0.4 is 0 Å². The summed E-state index contributed by atoms with van der Waals surface area (Å²) in [6, 6.07) is 0. The number of ether oxygens (including phenoxy) is 1. The zero-order valence-electron chi connectivity index (χ0n) is 7.68. The van der Waals surface area contributed by atoms with Crippen molar-refractivity contribution >= 4 is 23.9 Å². The van der Waals surface area contributed by atoms with Crippen molar-refractivity contribution in [1.29, 1.82) is 5.41 Å². The lowest BCUT2D eigenvalue weighted by molar-refractivity contribution is -0.146. The van der Waals surface area contributed by atoms with Gasteiger partial charge in [-0.15, -0.1) is 0 Å². The smallest absolute Gasteiger partial charge is 0.418 e. The highest BCUT2D eigenvalue weighted by atomic mass is 16.6. The van der Waals surface area contributed by atoms with Gasteiger partial charge in [-0.25, -0.2) is 9.59 Å². The van der Waals surface area contributed by atoms with Crippen LogP contribution in [0.25, 0.3) is 0 Å². The van der Waals surface area contributed by atoms with Crippen molar-refractivity contribution in [2.75, 3.05) is 6.54 Å². The third-order valence-electron chi connectivity index (χ3n) is 2.10. The van der Waals surface area contributed by atoms with Crippen LogP contribution in [-0.4, -0.2) is 51.1 Å².